The molecule has 1 aliphatic heterocycles. The van der Waals surface area contributed by atoms with Gasteiger partial charge in [0.25, 0.3) is 0 Å². The molecule has 1 heterocycles. The number of aliphatic carboxylic acids is 1. The second-order valence-electron chi connectivity index (χ2n) is 6.30. The lowest BCUT2D eigenvalue weighted by Crippen LogP contribution is -2.47. The van der Waals surface area contributed by atoms with Crippen LogP contribution in [-0.4, -0.2) is 40.8 Å². The van der Waals surface area contributed by atoms with E-state index in [0.29, 0.717) is 32.4 Å². The zero-order chi connectivity index (χ0) is 14.7. The molecule has 1 aliphatic rings. The summed E-state index contributed by atoms with van der Waals surface area (Å²) in [5.41, 5.74) is -1.17. The number of carbonyl (C=O) groups is 2. The minimum atomic E-state index is -0.738. The fourth-order valence-corrected chi connectivity index (χ4v) is 2.49. The van der Waals surface area contributed by atoms with E-state index in [-0.39, 0.29) is 6.09 Å². The highest BCUT2D eigenvalue weighted by atomic mass is 16.6. The highest BCUT2D eigenvalue weighted by Gasteiger charge is 2.42. The van der Waals surface area contributed by atoms with Gasteiger partial charge in [0.15, 0.2) is 0 Å². The topological polar surface area (TPSA) is 66.8 Å². The number of hydrogen-bond donors (Lipinski definition) is 1. The van der Waals surface area contributed by atoms with Crippen molar-refractivity contribution in [1.29, 1.82) is 0 Å². The Balaban J connectivity index is 2.61. The summed E-state index contributed by atoms with van der Waals surface area (Å²) < 4.78 is 5.31. The summed E-state index contributed by atoms with van der Waals surface area (Å²) in [7, 11) is 0. The van der Waals surface area contributed by atoms with Crippen LogP contribution in [0, 0.1) is 5.41 Å². The average molecular weight is 271 g/mol. The highest BCUT2D eigenvalue weighted by molar-refractivity contribution is 5.75. The van der Waals surface area contributed by atoms with Crippen LogP contribution in [0.25, 0.3) is 0 Å². The smallest absolute Gasteiger partial charge is 0.410 e. The lowest BCUT2D eigenvalue weighted by atomic mass is 9.75. The van der Waals surface area contributed by atoms with Gasteiger partial charge in [-0.2, -0.15) is 0 Å². The van der Waals surface area contributed by atoms with Gasteiger partial charge in [-0.25, -0.2) is 4.79 Å². The zero-order valence-electron chi connectivity index (χ0n) is 12.4. The Morgan fingerprint density at radius 2 is 1.79 bits per heavy atom. The van der Waals surface area contributed by atoms with E-state index in [9.17, 15) is 14.7 Å². The van der Waals surface area contributed by atoms with Crippen LogP contribution >= 0.6 is 0 Å². The molecule has 0 aromatic heterocycles. The molecule has 0 unspecified atom stereocenters. The molecule has 0 aromatic rings. The van der Waals surface area contributed by atoms with Gasteiger partial charge < -0.3 is 14.7 Å². The Morgan fingerprint density at radius 1 is 1.26 bits per heavy atom. The van der Waals surface area contributed by atoms with Crippen LogP contribution in [0.15, 0.2) is 0 Å². The second-order valence-corrected chi connectivity index (χ2v) is 6.30. The first-order chi connectivity index (χ1) is 8.70. The van der Waals surface area contributed by atoms with Crippen LogP contribution in [0.2, 0.25) is 0 Å². The minimum Gasteiger partial charge on any atom is -0.481 e. The van der Waals surface area contributed by atoms with E-state index >= 15 is 0 Å². The van der Waals surface area contributed by atoms with Crippen molar-refractivity contribution < 1.29 is 19.4 Å². The van der Waals surface area contributed by atoms with Crippen molar-refractivity contribution in [3.05, 3.63) is 0 Å². The number of rotatable bonds is 3. The SMILES string of the molecule is CCCC1(C(=O)O)CCN(C(=O)OC(C)(C)C)CC1. The molecule has 1 rings (SSSR count). The first kappa shape index (κ1) is 15.8. The van der Waals surface area contributed by atoms with Crippen molar-refractivity contribution in [2.45, 2.75) is 59.0 Å². The predicted molar refractivity (Wildman–Crippen MR) is 72.0 cm³/mol. The molecule has 19 heavy (non-hydrogen) atoms. The normalized spacial score (nSPS) is 19.1. The molecule has 0 bridgehead atoms. The zero-order valence-corrected chi connectivity index (χ0v) is 12.4. The first-order valence-corrected chi connectivity index (χ1v) is 6.91. The molecular weight excluding hydrogens is 246 g/mol. The second kappa shape index (κ2) is 5.80. The van der Waals surface area contributed by atoms with Gasteiger partial charge in [0.2, 0.25) is 0 Å². The first-order valence-electron chi connectivity index (χ1n) is 6.91. The van der Waals surface area contributed by atoms with Gasteiger partial charge in [-0.1, -0.05) is 13.3 Å². The van der Waals surface area contributed by atoms with Gasteiger partial charge >= 0.3 is 12.1 Å². The molecule has 5 nitrogen and oxygen atoms in total. The molecule has 0 atom stereocenters. The van der Waals surface area contributed by atoms with Crippen LogP contribution in [0.1, 0.15) is 53.4 Å². The number of ether oxygens (including phenoxy) is 1. The van der Waals surface area contributed by atoms with Gasteiger partial charge in [-0.3, -0.25) is 4.79 Å². The van der Waals surface area contributed by atoms with Gasteiger partial charge in [-0.15, -0.1) is 0 Å². The maximum Gasteiger partial charge on any atom is 0.410 e. The molecule has 1 fully saturated rings. The Labute approximate surface area is 114 Å². The van der Waals surface area contributed by atoms with E-state index in [0.717, 1.165) is 6.42 Å². The molecule has 0 aliphatic carbocycles. The Bertz CT molecular complexity index is 338. The quantitative estimate of drug-likeness (QED) is 0.857. The van der Waals surface area contributed by atoms with Crippen LogP contribution in [0.4, 0.5) is 4.79 Å². The Morgan fingerprint density at radius 3 is 2.16 bits per heavy atom. The fourth-order valence-electron chi connectivity index (χ4n) is 2.49. The number of carbonyl (C=O) groups excluding carboxylic acids is 1. The van der Waals surface area contributed by atoms with Crippen LogP contribution in [0.5, 0.6) is 0 Å². The third kappa shape index (κ3) is 4.11. The third-order valence-corrected chi connectivity index (χ3v) is 3.55. The lowest BCUT2D eigenvalue weighted by molar-refractivity contribution is -0.152. The van der Waals surface area contributed by atoms with Crippen molar-refractivity contribution >= 4 is 12.1 Å². The summed E-state index contributed by atoms with van der Waals surface area (Å²) in [6.07, 6.45) is 2.19. The van der Waals surface area contributed by atoms with Crippen LogP contribution in [0.3, 0.4) is 0 Å². The van der Waals surface area contributed by atoms with Crippen molar-refractivity contribution in [3.63, 3.8) is 0 Å². The molecular formula is C14H25NO4. The van der Waals surface area contributed by atoms with Crippen molar-refractivity contribution in [3.8, 4) is 0 Å². The summed E-state index contributed by atoms with van der Waals surface area (Å²) in [5, 5.41) is 9.40. The molecule has 0 aromatic carbocycles. The molecule has 1 N–H and O–H groups in total. The molecule has 110 valence electrons. The minimum absolute atomic E-state index is 0.344. The largest absolute Gasteiger partial charge is 0.481 e. The summed E-state index contributed by atoms with van der Waals surface area (Å²) >= 11 is 0. The highest BCUT2D eigenvalue weighted by Crippen LogP contribution is 2.36. The van der Waals surface area contributed by atoms with E-state index < -0.39 is 17.0 Å². The standard InChI is InChI=1S/C14H25NO4/c1-5-6-14(11(16)17)7-9-15(10-8-14)12(18)19-13(2,3)4/h5-10H2,1-4H3,(H,16,17). The number of likely N-dealkylation sites (tertiary alicyclic amines) is 1. The molecule has 0 spiro atoms. The van der Waals surface area contributed by atoms with Gasteiger partial charge in [0, 0.05) is 13.1 Å². The molecule has 0 saturated carbocycles. The van der Waals surface area contributed by atoms with Gasteiger partial charge in [0.05, 0.1) is 5.41 Å². The summed E-state index contributed by atoms with van der Waals surface area (Å²) in [5.74, 6) is -0.738. The lowest BCUT2D eigenvalue weighted by Gasteiger charge is -2.39. The summed E-state index contributed by atoms with van der Waals surface area (Å²) in [4.78, 5) is 25.0. The third-order valence-electron chi connectivity index (χ3n) is 3.55. The van der Waals surface area contributed by atoms with Gasteiger partial charge in [0.1, 0.15) is 5.60 Å². The average Bonchev–Trinajstić information content (AvgIpc) is 2.27. The number of nitrogens with zero attached hydrogens (tertiary/aromatic N) is 1. The number of amides is 1. The number of piperidine rings is 1. The number of hydrogen-bond acceptors (Lipinski definition) is 3. The molecule has 5 heteroatoms. The molecule has 1 saturated heterocycles. The van der Waals surface area contributed by atoms with E-state index in [4.69, 9.17) is 4.74 Å². The Kier molecular flexibility index (Phi) is 4.82. The monoisotopic (exact) mass is 271 g/mol. The number of carboxylic acid groups (broad SMARTS) is 1. The fraction of sp³-hybridized carbons (Fsp3) is 0.857. The summed E-state index contributed by atoms with van der Waals surface area (Å²) in [6.45, 7) is 8.39. The molecule has 1 amide bonds. The van der Waals surface area contributed by atoms with E-state index in [1.807, 2.05) is 27.7 Å². The van der Waals surface area contributed by atoms with Crippen molar-refractivity contribution in [1.82, 2.24) is 4.90 Å². The summed E-state index contributed by atoms with van der Waals surface area (Å²) in [6, 6.07) is 0. The van der Waals surface area contributed by atoms with E-state index in [1.54, 1.807) is 4.90 Å². The van der Waals surface area contributed by atoms with Gasteiger partial charge in [-0.05, 0) is 40.0 Å². The van der Waals surface area contributed by atoms with E-state index in [1.165, 1.54) is 0 Å². The van der Waals surface area contributed by atoms with Crippen LogP contribution in [-0.2, 0) is 9.53 Å². The number of carboxylic acids is 1. The van der Waals surface area contributed by atoms with Crippen LogP contribution < -0.4 is 0 Å². The van der Waals surface area contributed by atoms with Crippen molar-refractivity contribution in [2.24, 2.45) is 5.41 Å². The van der Waals surface area contributed by atoms with E-state index in [2.05, 4.69) is 0 Å². The Hall–Kier alpha value is -1.26. The predicted octanol–water partition coefficient (Wildman–Crippen LogP) is 2.89. The molecule has 0 radical (unpaired) electrons. The maximum absolute atomic E-state index is 11.9. The van der Waals surface area contributed by atoms with Crippen molar-refractivity contribution in [2.75, 3.05) is 13.1 Å². The maximum atomic E-state index is 11.9.